The number of esters is 1. The minimum atomic E-state index is 0.00878. The van der Waals surface area contributed by atoms with Crippen molar-refractivity contribution >= 4 is 5.97 Å². The fourth-order valence-electron chi connectivity index (χ4n) is 3.34. The smallest absolute Gasteiger partial charge is 0.310 e. The number of rotatable bonds is 5. The monoisotopic (exact) mass is 297 g/mol. The Labute approximate surface area is 129 Å². The zero-order chi connectivity index (χ0) is 15.2. The molecule has 5 nitrogen and oxygen atoms in total. The Balaban J connectivity index is 1.76. The molecule has 2 aliphatic rings. The highest BCUT2D eigenvalue weighted by Crippen LogP contribution is 2.24. The Bertz CT molecular complexity index is 327. The number of likely N-dealkylation sites (N-methyl/N-ethyl adjacent to an activating group) is 1. The number of likely N-dealkylation sites (tertiary alicyclic amines) is 2. The Morgan fingerprint density at radius 3 is 2.57 bits per heavy atom. The fourth-order valence-corrected chi connectivity index (χ4v) is 3.34. The molecule has 0 bridgehead atoms. The van der Waals surface area contributed by atoms with Gasteiger partial charge in [0.05, 0.1) is 5.92 Å². The van der Waals surface area contributed by atoms with Crippen LogP contribution < -0.4 is 0 Å². The quantitative estimate of drug-likeness (QED) is 0.705. The Kier molecular flexibility index (Phi) is 6.45. The molecule has 1 unspecified atom stereocenters. The molecule has 122 valence electrons. The molecule has 2 saturated heterocycles. The van der Waals surface area contributed by atoms with Gasteiger partial charge in [-0.1, -0.05) is 0 Å². The molecule has 0 aromatic heterocycles. The van der Waals surface area contributed by atoms with Crippen LogP contribution in [-0.4, -0.2) is 87.2 Å². The van der Waals surface area contributed by atoms with Gasteiger partial charge in [-0.05, 0) is 66.5 Å². The highest BCUT2D eigenvalue weighted by molar-refractivity contribution is 5.72. The lowest BCUT2D eigenvalue weighted by Gasteiger charge is -2.41. The first kappa shape index (κ1) is 16.7. The summed E-state index contributed by atoms with van der Waals surface area (Å²) in [6.07, 6.45) is 4.58. The topological polar surface area (TPSA) is 36.0 Å². The standard InChI is InChI=1S/C16H31N3O2/c1-17(2)11-12-21-16(20)14-5-4-8-19(13-14)15-6-9-18(3)10-7-15/h14-15H,4-13H2,1-3H3. The van der Waals surface area contributed by atoms with Gasteiger partial charge in [0.2, 0.25) is 0 Å². The third-order valence-corrected chi connectivity index (χ3v) is 4.77. The van der Waals surface area contributed by atoms with E-state index in [1.54, 1.807) is 0 Å². The van der Waals surface area contributed by atoms with Gasteiger partial charge in [0.1, 0.15) is 6.61 Å². The molecule has 2 fully saturated rings. The van der Waals surface area contributed by atoms with Gasteiger partial charge in [-0.25, -0.2) is 0 Å². The summed E-state index contributed by atoms with van der Waals surface area (Å²) in [7, 11) is 6.18. The summed E-state index contributed by atoms with van der Waals surface area (Å²) in [5.41, 5.74) is 0. The lowest BCUT2D eigenvalue weighted by atomic mass is 9.94. The normalized spacial score (nSPS) is 26.2. The van der Waals surface area contributed by atoms with E-state index in [0.717, 1.165) is 32.5 Å². The molecule has 1 atom stereocenters. The van der Waals surface area contributed by atoms with Gasteiger partial charge in [0.25, 0.3) is 0 Å². The predicted molar refractivity (Wildman–Crippen MR) is 84.3 cm³/mol. The molecule has 2 rings (SSSR count). The van der Waals surface area contributed by atoms with Crippen molar-refractivity contribution in [1.29, 1.82) is 0 Å². The molecule has 2 aliphatic heterocycles. The second-order valence-corrected chi connectivity index (χ2v) is 6.84. The lowest BCUT2D eigenvalue weighted by Crippen LogP contribution is -2.49. The molecule has 2 heterocycles. The summed E-state index contributed by atoms with van der Waals surface area (Å²) in [6, 6.07) is 0.665. The summed E-state index contributed by atoms with van der Waals surface area (Å²) in [4.78, 5) is 19.2. The Morgan fingerprint density at radius 1 is 1.19 bits per heavy atom. The van der Waals surface area contributed by atoms with Crippen LogP contribution >= 0.6 is 0 Å². The van der Waals surface area contributed by atoms with Gasteiger partial charge in [0, 0.05) is 19.1 Å². The average molecular weight is 297 g/mol. The van der Waals surface area contributed by atoms with Gasteiger partial charge in [-0.15, -0.1) is 0 Å². The lowest BCUT2D eigenvalue weighted by molar-refractivity contribution is -0.151. The summed E-state index contributed by atoms with van der Waals surface area (Å²) >= 11 is 0. The van der Waals surface area contributed by atoms with Gasteiger partial charge in [-0.2, -0.15) is 0 Å². The van der Waals surface area contributed by atoms with E-state index in [0.29, 0.717) is 12.6 Å². The summed E-state index contributed by atoms with van der Waals surface area (Å²) in [6.45, 7) is 5.72. The molecule has 0 N–H and O–H groups in total. The Morgan fingerprint density at radius 2 is 1.90 bits per heavy atom. The SMILES string of the molecule is CN(C)CCOC(=O)C1CCCN(C2CCN(C)CC2)C1. The molecule has 0 aliphatic carbocycles. The molecule has 0 radical (unpaired) electrons. The number of hydrogen-bond donors (Lipinski definition) is 0. The van der Waals surface area contributed by atoms with Crippen LogP contribution in [0.25, 0.3) is 0 Å². The molecule has 0 amide bonds. The molecular formula is C16H31N3O2. The van der Waals surface area contributed by atoms with Crippen LogP contribution in [0.1, 0.15) is 25.7 Å². The zero-order valence-electron chi connectivity index (χ0n) is 13.9. The number of ether oxygens (including phenoxy) is 1. The highest BCUT2D eigenvalue weighted by Gasteiger charge is 2.31. The van der Waals surface area contributed by atoms with E-state index in [-0.39, 0.29) is 11.9 Å². The first-order valence-corrected chi connectivity index (χ1v) is 8.30. The molecule has 5 heteroatoms. The fraction of sp³-hybridized carbons (Fsp3) is 0.938. The number of hydrogen-bond acceptors (Lipinski definition) is 5. The molecule has 0 aromatic rings. The van der Waals surface area contributed by atoms with E-state index in [9.17, 15) is 4.79 Å². The first-order chi connectivity index (χ1) is 10.1. The van der Waals surface area contributed by atoms with Crippen LogP contribution in [0.4, 0.5) is 0 Å². The van der Waals surface area contributed by atoms with Gasteiger partial charge in [-0.3, -0.25) is 9.69 Å². The van der Waals surface area contributed by atoms with Crippen molar-refractivity contribution in [3.8, 4) is 0 Å². The minimum Gasteiger partial charge on any atom is -0.464 e. The minimum absolute atomic E-state index is 0.00878. The zero-order valence-corrected chi connectivity index (χ0v) is 13.9. The highest BCUT2D eigenvalue weighted by atomic mass is 16.5. The molecule has 0 spiro atoms. The van der Waals surface area contributed by atoms with E-state index < -0.39 is 0 Å². The van der Waals surface area contributed by atoms with Crippen LogP contribution in [0.2, 0.25) is 0 Å². The van der Waals surface area contributed by atoms with Crippen molar-refractivity contribution < 1.29 is 9.53 Å². The van der Waals surface area contributed by atoms with Crippen LogP contribution in [0.3, 0.4) is 0 Å². The van der Waals surface area contributed by atoms with Crippen molar-refractivity contribution in [2.75, 3.05) is 60.5 Å². The average Bonchev–Trinajstić information content (AvgIpc) is 2.47. The third-order valence-electron chi connectivity index (χ3n) is 4.77. The third kappa shape index (κ3) is 5.24. The van der Waals surface area contributed by atoms with Crippen LogP contribution in [-0.2, 0) is 9.53 Å². The largest absolute Gasteiger partial charge is 0.464 e. The first-order valence-electron chi connectivity index (χ1n) is 8.30. The Hall–Kier alpha value is -0.650. The van der Waals surface area contributed by atoms with E-state index in [4.69, 9.17) is 4.74 Å². The predicted octanol–water partition coefficient (Wildman–Crippen LogP) is 0.897. The number of carbonyl (C=O) groups excluding carboxylic acids is 1. The van der Waals surface area contributed by atoms with E-state index in [1.807, 2.05) is 19.0 Å². The van der Waals surface area contributed by atoms with Gasteiger partial charge < -0.3 is 14.5 Å². The number of carbonyl (C=O) groups is 1. The molecular weight excluding hydrogens is 266 g/mol. The van der Waals surface area contributed by atoms with Crippen molar-refractivity contribution in [1.82, 2.24) is 14.7 Å². The van der Waals surface area contributed by atoms with Crippen molar-refractivity contribution in [3.05, 3.63) is 0 Å². The van der Waals surface area contributed by atoms with Crippen LogP contribution in [0.5, 0.6) is 0 Å². The van der Waals surface area contributed by atoms with E-state index in [1.165, 1.54) is 25.9 Å². The van der Waals surface area contributed by atoms with Gasteiger partial charge >= 0.3 is 5.97 Å². The van der Waals surface area contributed by atoms with Gasteiger partial charge in [0.15, 0.2) is 0 Å². The van der Waals surface area contributed by atoms with Crippen LogP contribution in [0, 0.1) is 5.92 Å². The van der Waals surface area contributed by atoms with E-state index >= 15 is 0 Å². The van der Waals surface area contributed by atoms with Crippen molar-refractivity contribution in [2.45, 2.75) is 31.7 Å². The molecule has 0 saturated carbocycles. The summed E-state index contributed by atoms with van der Waals surface area (Å²) < 4.78 is 5.43. The summed E-state index contributed by atoms with van der Waals surface area (Å²) in [5, 5.41) is 0. The second-order valence-electron chi connectivity index (χ2n) is 6.84. The van der Waals surface area contributed by atoms with E-state index in [2.05, 4.69) is 16.8 Å². The molecule has 21 heavy (non-hydrogen) atoms. The maximum absolute atomic E-state index is 12.2. The second kappa shape index (κ2) is 8.11. The van der Waals surface area contributed by atoms with Crippen LogP contribution in [0.15, 0.2) is 0 Å². The molecule has 0 aromatic carbocycles. The van der Waals surface area contributed by atoms with Crippen molar-refractivity contribution in [3.63, 3.8) is 0 Å². The maximum Gasteiger partial charge on any atom is 0.310 e. The summed E-state index contributed by atoms with van der Waals surface area (Å²) in [5.74, 6) is 0.0926. The van der Waals surface area contributed by atoms with Crippen molar-refractivity contribution in [2.24, 2.45) is 5.92 Å². The maximum atomic E-state index is 12.2. The number of piperidine rings is 2. The number of nitrogens with zero attached hydrogens (tertiary/aromatic N) is 3.